The summed E-state index contributed by atoms with van der Waals surface area (Å²) < 4.78 is 0. The standard InChI is InChI=1S/C53H42N4/c1-3-13-46(45-17-6-4-14-36(45)2)42-32-43(48-19-12-16-37-15-5-7-18-47(37)48)34-44(33-42)53-56-51(40-26-22-38(23-27-40)49-20-8-10-30-54-49)35-52(57-53)41-28-24-39(25-29-41)50-21-9-11-31-55-50/h4-10,12-30,32-35H,3,11,31H2,1-2H3/b46-13-. The zero-order valence-corrected chi connectivity index (χ0v) is 32.2. The van der Waals surface area contributed by atoms with Crippen LogP contribution in [0, 0.1) is 6.92 Å². The average molecular weight is 735 g/mol. The van der Waals surface area contributed by atoms with Gasteiger partial charge in [0.1, 0.15) is 0 Å². The van der Waals surface area contributed by atoms with Gasteiger partial charge >= 0.3 is 0 Å². The van der Waals surface area contributed by atoms with Crippen molar-refractivity contribution in [1.82, 2.24) is 15.0 Å². The van der Waals surface area contributed by atoms with Gasteiger partial charge in [-0.2, -0.15) is 0 Å². The van der Waals surface area contributed by atoms with Gasteiger partial charge in [0.15, 0.2) is 5.82 Å². The van der Waals surface area contributed by atoms with Crippen molar-refractivity contribution >= 4 is 22.1 Å². The molecular weight excluding hydrogens is 693 g/mol. The van der Waals surface area contributed by atoms with E-state index in [1.165, 1.54) is 33.0 Å². The van der Waals surface area contributed by atoms with E-state index in [2.05, 4.69) is 177 Å². The fourth-order valence-corrected chi connectivity index (χ4v) is 7.73. The Morgan fingerprint density at radius 2 is 1.26 bits per heavy atom. The van der Waals surface area contributed by atoms with E-state index in [9.17, 15) is 0 Å². The van der Waals surface area contributed by atoms with Gasteiger partial charge < -0.3 is 0 Å². The van der Waals surface area contributed by atoms with E-state index in [-0.39, 0.29) is 0 Å². The van der Waals surface area contributed by atoms with E-state index in [4.69, 9.17) is 15.0 Å². The third-order valence-corrected chi connectivity index (χ3v) is 10.6. The van der Waals surface area contributed by atoms with E-state index >= 15 is 0 Å². The molecule has 0 spiro atoms. The maximum absolute atomic E-state index is 5.36. The second-order valence-corrected chi connectivity index (χ2v) is 14.5. The average Bonchev–Trinajstić information content (AvgIpc) is 3.29. The van der Waals surface area contributed by atoms with Crippen molar-refractivity contribution in [3.8, 4) is 56.3 Å². The number of nitrogens with zero attached hydrogens (tertiary/aromatic N) is 4. The summed E-state index contributed by atoms with van der Waals surface area (Å²) in [5, 5.41) is 2.42. The third kappa shape index (κ3) is 7.50. The van der Waals surface area contributed by atoms with Crippen molar-refractivity contribution in [2.75, 3.05) is 6.54 Å². The van der Waals surface area contributed by atoms with Crippen LogP contribution in [0.3, 0.4) is 0 Å². The molecule has 0 radical (unpaired) electrons. The number of hydrogen-bond acceptors (Lipinski definition) is 4. The highest BCUT2D eigenvalue weighted by Crippen LogP contribution is 2.38. The Labute approximate surface area is 334 Å². The number of hydrogen-bond donors (Lipinski definition) is 0. The van der Waals surface area contributed by atoms with Crippen molar-refractivity contribution in [2.45, 2.75) is 26.7 Å². The maximum Gasteiger partial charge on any atom is 0.160 e. The number of fused-ring (bicyclic) bond motifs is 1. The number of rotatable bonds is 9. The largest absolute Gasteiger partial charge is 0.284 e. The topological polar surface area (TPSA) is 51.0 Å². The summed E-state index contributed by atoms with van der Waals surface area (Å²) in [6, 6.07) is 55.9. The van der Waals surface area contributed by atoms with Gasteiger partial charge in [-0.25, -0.2) is 9.97 Å². The summed E-state index contributed by atoms with van der Waals surface area (Å²) in [5.41, 5.74) is 15.9. The van der Waals surface area contributed by atoms with Crippen LogP contribution in [-0.4, -0.2) is 27.2 Å². The van der Waals surface area contributed by atoms with Gasteiger partial charge in [-0.3, -0.25) is 9.98 Å². The molecule has 1 aliphatic heterocycles. The van der Waals surface area contributed by atoms with Crippen LogP contribution in [0.25, 0.3) is 72.6 Å². The van der Waals surface area contributed by atoms with E-state index in [1.54, 1.807) is 0 Å². The van der Waals surface area contributed by atoms with Crippen molar-refractivity contribution in [3.05, 3.63) is 204 Å². The van der Waals surface area contributed by atoms with Crippen LogP contribution in [0.5, 0.6) is 0 Å². The first-order valence-electron chi connectivity index (χ1n) is 19.7. The number of benzene rings is 6. The van der Waals surface area contributed by atoms with Crippen molar-refractivity contribution < 1.29 is 0 Å². The molecule has 0 saturated heterocycles. The van der Waals surface area contributed by atoms with Crippen molar-refractivity contribution in [3.63, 3.8) is 0 Å². The second-order valence-electron chi connectivity index (χ2n) is 14.5. The molecule has 0 aliphatic carbocycles. The minimum atomic E-state index is 0.670. The summed E-state index contributed by atoms with van der Waals surface area (Å²) in [4.78, 5) is 20.0. The molecule has 0 unspecified atom stereocenters. The summed E-state index contributed by atoms with van der Waals surface area (Å²) >= 11 is 0. The molecule has 8 aromatic rings. The van der Waals surface area contributed by atoms with E-state index in [1.807, 2.05) is 24.4 Å². The molecule has 4 heteroatoms. The van der Waals surface area contributed by atoms with E-state index in [0.29, 0.717) is 5.82 Å². The summed E-state index contributed by atoms with van der Waals surface area (Å²) in [6.07, 6.45) is 10.4. The molecule has 0 N–H and O–H groups in total. The van der Waals surface area contributed by atoms with Gasteiger partial charge in [0.05, 0.1) is 22.8 Å². The minimum Gasteiger partial charge on any atom is -0.284 e. The first-order chi connectivity index (χ1) is 28.1. The van der Waals surface area contributed by atoms with Crippen LogP contribution in [0.1, 0.15) is 42.0 Å². The lowest BCUT2D eigenvalue weighted by Crippen LogP contribution is -2.02. The van der Waals surface area contributed by atoms with Crippen LogP contribution in [0.15, 0.2) is 187 Å². The van der Waals surface area contributed by atoms with Crippen molar-refractivity contribution in [2.24, 2.45) is 4.99 Å². The van der Waals surface area contributed by atoms with Gasteiger partial charge in [-0.15, -0.1) is 0 Å². The maximum atomic E-state index is 5.36. The Hall–Kier alpha value is -7.04. The molecule has 1 aliphatic rings. The Morgan fingerprint density at radius 3 is 1.96 bits per heavy atom. The molecule has 0 fully saturated rings. The molecule has 3 heterocycles. The molecule has 9 rings (SSSR count). The third-order valence-electron chi connectivity index (χ3n) is 10.6. The van der Waals surface area contributed by atoms with Gasteiger partial charge in [0, 0.05) is 35.0 Å². The Morgan fingerprint density at radius 1 is 0.596 bits per heavy atom. The SMILES string of the molecule is CC/C=C(/c1cc(-c2nc(-c3ccc(C4=NCCC=C4)cc3)cc(-c3ccc(-c4ccccn4)cc3)n2)cc(-c2cccc3ccccc23)c1)c1ccccc1C. The Bertz CT molecular complexity index is 2810. The van der Waals surface area contributed by atoms with Gasteiger partial charge in [-0.05, 0) is 112 Å². The number of aryl methyl sites for hydroxylation is 1. The zero-order chi connectivity index (χ0) is 38.6. The lowest BCUT2D eigenvalue weighted by atomic mass is 9.89. The van der Waals surface area contributed by atoms with Crippen molar-refractivity contribution in [1.29, 1.82) is 0 Å². The Balaban J connectivity index is 1.24. The van der Waals surface area contributed by atoms with Crippen LogP contribution in [-0.2, 0) is 0 Å². The molecule has 0 saturated carbocycles. The molecule has 6 aromatic carbocycles. The highest BCUT2D eigenvalue weighted by atomic mass is 14.9. The summed E-state index contributed by atoms with van der Waals surface area (Å²) in [6.45, 7) is 5.22. The Kier molecular flexibility index (Phi) is 9.99. The molecule has 57 heavy (non-hydrogen) atoms. The zero-order valence-electron chi connectivity index (χ0n) is 32.2. The monoisotopic (exact) mass is 734 g/mol. The number of aliphatic imine (C=N–C) groups is 1. The predicted molar refractivity (Wildman–Crippen MR) is 238 cm³/mol. The van der Waals surface area contributed by atoms with E-state index in [0.717, 1.165) is 81.1 Å². The molecule has 0 bridgehead atoms. The number of allylic oxidation sites excluding steroid dienone is 2. The molecule has 2 aromatic heterocycles. The molecule has 4 nitrogen and oxygen atoms in total. The van der Waals surface area contributed by atoms with Crippen LogP contribution < -0.4 is 0 Å². The fourth-order valence-electron chi connectivity index (χ4n) is 7.73. The smallest absolute Gasteiger partial charge is 0.160 e. The second kappa shape index (κ2) is 16.0. The van der Waals surface area contributed by atoms with Crippen LogP contribution in [0.4, 0.5) is 0 Å². The molecular formula is C53H42N4. The van der Waals surface area contributed by atoms with Gasteiger partial charge in [0.25, 0.3) is 0 Å². The number of pyridine rings is 1. The lowest BCUT2D eigenvalue weighted by Gasteiger charge is -2.17. The van der Waals surface area contributed by atoms with Gasteiger partial charge in [-0.1, -0.05) is 140 Å². The molecule has 0 amide bonds. The van der Waals surface area contributed by atoms with Gasteiger partial charge in [0.2, 0.25) is 0 Å². The first-order valence-corrected chi connectivity index (χ1v) is 19.7. The highest BCUT2D eigenvalue weighted by molar-refractivity contribution is 6.09. The molecule has 0 atom stereocenters. The number of dihydropyridines is 1. The van der Waals surface area contributed by atoms with E-state index < -0.39 is 0 Å². The minimum absolute atomic E-state index is 0.670. The summed E-state index contributed by atoms with van der Waals surface area (Å²) in [7, 11) is 0. The predicted octanol–water partition coefficient (Wildman–Crippen LogP) is 13.3. The lowest BCUT2D eigenvalue weighted by molar-refractivity contribution is 0.994. The van der Waals surface area contributed by atoms with Crippen LogP contribution >= 0.6 is 0 Å². The fraction of sp³-hybridized carbons (Fsp3) is 0.0943. The normalized spacial score (nSPS) is 12.8. The quantitative estimate of drug-likeness (QED) is 0.148. The number of aromatic nitrogens is 3. The summed E-state index contributed by atoms with van der Waals surface area (Å²) in [5.74, 6) is 0.670. The molecule has 274 valence electrons. The first kappa shape index (κ1) is 35.6. The van der Waals surface area contributed by atoms with Crippen LogP contribution in [0.2, 0.25) is 0 Å². The highest BCUT2D eigenvalue weighted by Gasteiger charge is 2.17.